The fraction of sp³-hybridized carbons (Fsp3) is 0.833. The van der Waals surface area contributed by atoms with Gasteiger partial charge in [0.2, 0.25) is 0 Å². The van der Waals surface area contributed by atoms with E-state index in [0.717, 1.165) is 19.3 Å². The van der Waals surface area contributed by atoms with E-state index in [-0.39, 0.29) is 0 Å². The van der Waals surface area contributed by atoms with Gasteiger partial charge in [-0.3, -0.25) is 0 Å². The Morgan fingerprint density at radius 2 is 1.75 bits per heavy atom. The first-order valence-electron chi connectivity index (χ1n) is 2.97. The molecule has 0 saturated heterocycles. The number of carbonyl (C=O) groups excluding carboxylic acids is 1. The molecule has 0 unspecified atom stereocenters. The number of carbonyl (C=O) groups is 1. The maximum atomic E-state index is 9.17. The maximum absolute atomic E-state index is 9.17. The van der Waals surface area contributed by atoms with Crippen LogP contribution < -0.4 is 5.73 Å². The van der Waals surface area contributed by atoms with Crippen molar-refractivity contribution in [2.45, 2.75) is 26.7 Å². The van der Waals surface area contributed by atoms with E-state index in [2.05, 4.69) is 6.92 Å². The molecule has 0 saturated carbocycles. The van der Waals surface area contributed by atoms with E-state index < -0.39 is 0 Å². The average molecular weight is 117 g/mol. The van der Waals surface area contributed by atoms with Gasteiger partial charge in [0.15, 0.2) is 0 Å². The van der Waals surface area contributed by atoms with Crippen molar-refractivity contribution in [1.29, 1.82) is 0 Å². The highest BCUT2D eigenvalue weighted by Gasteiger charge is 1.55. The summed E-state index contributed by atoms with van der Waals surface area (Å²) in [6.07, 6.45) is 2.61. The van der Waals surface area contributed by atoms with Gasteiger partial charge < -0.3 is 10.5 Å². The zero-order valence-electron chi connectivity index (χ0n) is 5.68. The minimum atomic E-state index is 0.639. The Hall–Kier alpha value is -0.370. The number of hydrogen-bond acceptors (Lipinski definition) is 2. The summed E-state index contributed by atoms with van der Waals surface area (Å²) in [7, 11) is 0. The topological polar surface area (TPSA) is 43.1 Å². The summed E-state index contributed by atoms with van der Waals surface area (Å²) in [6.45, 7) is 4.69. The second-order valence-corrected chi connectivity index (χ2v) is 1.36. The molecule has 0 amide bonds. The van der Waals surface area contributed by atoms with Crippen molar-refractivity contribution in [2.24, 2.45) is 5.73 Å². The van der Waals surface area contributed by atoms with Crippen LogP contribution in [0, 0.1) is 0 Å². The molecule has 0 aliphatic rings. The molecule has 0 rings (SSSR count). The van der Waals surface area contributed by atoms with Gasteiger partial charge in [-0.15, -0.1) is 0 Å². The third-order valence-corrected chi connectivity index (χ3v) is 0.455. The van der Waals surface area contributed by atoms with Crippen LogP contribution in [0.15, 0.2) is 0 Å². The maximum Gasteiger partial charge on any atom is 0.119 e. The second-order valence-electron chi connectivity index (χ2n) is 1.36. The molecular weight excluding hydrogens is 102 g/mol. The Morgan fingerprint density at radius 1 is 1.50 bits per heavy atom. The van der Waals surface area contributed by atoms with E-state index in [1.807, 2.05) is 6.92 Å². The van der Waals surface area contributed by atoms with Crippen LogP contribution in [0.2, 0.25) is 0 Å². The molecule has 2 nitrogen and oxygen atoms in total. The van der Waals surface area contributed by atoms with E-state index in [0.29, 0.717) is 6.42 Å². The Labute approximate surface area is 51.1 Å². The van der Waals surface area contributed by atoms with Crippen LogP contribution in [0.5, 0.6) is 0 Å². The Balaban J connectivity index is 0. The highest BCUT2D eigenvalue weighted by molar-refractivity contribution is 5.48. The Bertz CT molecular complexity index is 35.5. The first-order chi connectivity index (χ1) is 3.83. The molecule has 0 bridgehead atoms. The third-order valence-electron chi connectivity index (χ3n) is 0.455. The van der Waals surface area contributed by atoms with Crippen LogP contribution in [0.25, 0.3) is 0 Å². The SMILES string of the molecule is CCC=O.CCCN. The summed E-state index contributed by atoms with van der Waals surface area (Å²) in [5.74, 6) is 0. The monoisotopic (exact) mass is 117 g/mol. The van der Waals surface area contributed by atoms with Crippen LogP contribution in [-0.2, 0) is 4.79 Å². The number of rotatable bonds is 2. The zero-order chi connectivity index (χ0) is 6.83. The molecule has 0 atom stereocenters. The smallest absolute Gasteiger partial charge is 0.119 e. The van der Waals surface area contributed by atoms with Crippen molar-refractivity contribution in [3.8, 4) is 0 Å². The van der Waals surface area contributed by atoms with Crippen molar-refractivity contribution in [2.75, 3.05) is 6.54 Å². The first kappa shape index (κ1) is 10.6. The molecule has 0 spiro atoms. The summed E-state index contributed by atoms with van der Waals surface area (Å²) in [6, 6.07) is 0. The van der Waals surface area contributed by atoms with Crippen LogP contribution in [0.3, 0.4) is 0 Å². The zero-order valence-corrected chi connectivity index (χ0v) is 5.68. The van der Waals surface area contributed by atoms with E-state index in [4.69, 9.17) is 5.73 Å². The van der Waals surface area contributed by atoms with E-state index >= 15 is 0 Å². The molecule has 2 heteroatoms. The summed E-state index contributed by atoms with van der Waals surface area (Å²) in [4.78, 5) is 9.17. The lowest BCUT2D eigenvalue weighted by Crippen LogP contribution is -1.93. The molecule has 0 aromatic rings. The third kappa shape index (κ3) is 45.4. The Kier molecular flexibility index (Phi) is 21.1. The largest absolute Gasteiger partial charge is 0.330 e. The lowest BCUT2D eigenvalue weighted by molar-refractivity contribution is -0.107. The van der Waals surface area contributed by atoms with Crippen LogP contribution in [0.4, 0.5) is 0 Å². The lowest BCUT2D eigenvalue weighted by Gasteiger charge is -1.70. The van der Waals surface area contributed by atoms with Gasteiger partial charge in [0.05, 0.1) is 0 Å². The van der Waals surface area contributed by atoms with Crippen molar-refractivity contribution in [1.82, 2.24) is 0 Å². The second kappa shape index (κ2) is 15.9. The normalized spacial score (nSPS) is 6.88. The molecule has 0 radical (unpaired) electrons. The molecule has 50 valence electrons. The minimum absolute atomic E-state index is 0.639. The summed E-state index contributed by atoms with van der Waals surface area (Å²) in [5, 5.41) is 0. The average Bonchev–Trinajstić information content (AvgIpc) is 1.88. The van der Waals surface area contributed by atoms with E-state index in [1.54, 1.807) is 0 Å². The number of nitrogens with two attached hydrogens (primary N) is 1. The molecule has 8 heavy (non-hydrogen) atoms. The summed E-state index contributed by atoms with van der Waals surface area (Å²) < 4.78 is 0. The fourth-order valence-corrected chi connectivity index (χ4v) is 0. The molecule has 0 aliphatic carbocycles. The van der Waals surface area contributed by atoms with E-state index in [9.17, 15) is 4.79 Å². The van der Waals surface area contributed by atoms with E-state index in [1.165, 1.54) is 0 Å². The van der Waals surface area contributed by atoms with Gasteiger partial charge in [0.25, 0.3) is 0 Å². The molecule has 0 aromatic heterocycles. The van der Waals surface area contributed by atoms with Gasteiger partial charge in [-0.05, 0) is 13.0 Å². The molecule has 0 heterocycles. The summed E-state index contributed by atoms with van der Waals surface area (Å²) >= 11 is 0. The van der Waals surface area contributed by atoms with Gasteiger partial charge in [-0.2, -0.15) is 0 Å². The van der Waals surface area contributed by atoms with Crippen molar-refractivity contribution in [3.63, 3.8) is 0 Å². The molecule has 2 N–H and O–H groups in total. The molecule has 0 fully saturated rings. The van der Waals surface area contributed by atoms with Crippen molar-refractivity contribution in [3.05, 3.63) is 0 Å². The van der Waals surface area contributed by atoms with Crippen LogP contribution in [-0.4, -0.2) is 12.8 Å². The predicted molar refractivity (Wildman–Crippen MR) is 35.7 cm³/mol. The van der Waals surface area contributed by atoms with Crippen molar-refractivity contribution >= 4 is 6.29 Å². The van der Waals surface area contributed by atoms with Gasteiger partial charge in [-0.25, -0.2) is 0 Å². The van der Waals surface area contributed by atoms with Crippen LogP contribution in [0.1, 0.15) is 26.7 Å². The first-order valence-corrected chi connectivity index (χ1v) is 2.97. The molecule has 0 aromatic carbocycles. The highest BCUT2D eigenvalue weighted by Crippen LogP contribution is 1.57. The molecule has 0 aliphatic heterocycles. The van der Waals surface area contributed by atoms with Gasteiger partial charge in [0.1, 0.15) is 6.29 Å². The molecular formula is C6H15NO. The quantitative estimate of drug-likeness (QED) is 0.547. The van der Waals surface area contributed by atoms with Gasteiger partial charge in [-0.1, -0.05) is 13.8 Å². The number of hydrogen-bond donors (Lipinski definition) is 1. The minimum Gasteiger partial charge on any atom is -0.330 e. The summed E-state index contributed by atoms with van der Waals surface area (Å²) in [5.41, 5.74) is 5.03. The Morgan fingerprint density at radius 3 is 1.75 bits per heavy atom. The standard InChI is InChI=1S/C3H9N.C3H6O/c2*1-2-3-4/h2-4H2,1H3;3H,2H2,1H3. The van der Waals surface area contributed by atoms with Gasteiger partial charge >= 0.3 is 0 Å². The fourth-order valence-electron chi connectivity index (χ4n) is 0. The highest BCUT2D eigenvalue weighted by atomic mass is 16.1. The van der Waals surface area contributed by atoms with Gasteiger partial charge in [0, 0.05) is 6.42 Å². The van der Waals surface area contributed by atoms with Crippen LogP contribution >= 0.6 is 0 Å². The number of aldehydes is 1. The lowest BCUT2D eigenvalue weighted by atomic mass is 10.5. The van der Waals surface area contributed by atoms with Crippen molar-refractivity contribution < 1.29 is 4.79 Å². The predicted octanol–water partition coefficient (Wildman–Crippen LogP) is 0.950.